The largest absolute Gasteiger partial charge is 0.412 e. The molecule has 0 atom stereocenters. The molecule has 1 aromatic carbocycles. The quantitative estimate of drug-likeness (QED) is 0.536. The fraction of sp³-hybridized carbons (Fsp3) is 0.143. The minimum Gasteiger partial charge on any atom is -0.412 e. The van der Waals surface area contributed by atoms with Crippen LogP contribution in [-0.2, 0) is 0 Å². The molecular formula is C7H7N5O9. The van der Waals surface area contributed by atoms with E-state index in [9.17, 15) is 40.5 Å². The number of nitro benzene ring substituents is 3. The van der Waals surface area contributed by atoms with Gasteiger partial charge in [0.25, 0.3) is 11.4 Å². The van der Waals surface area contributed by atoms with Gasteiger partial charge in [0, 0.05) is 0 Å². The second kappa shape index (κ2) is 6.15. The Balaban J connectivity index is 0.00000400. The summed E-state index contributed by atoms with van der Waals surface area (Å²) >= 11 is 0. The predicted octanol–water partition coefficient (Wildman–Crippen LogP) is 0.214. The summed E-state index contributed by atoms with van der Waals surface area (Å²) in [7, 11) is 0.751. The van der Waals surface area contributed by atoms with Crippen LogP contribution in [-0.4, -0.2) is 32.3 Å². The van der Waals surface area contributed by atoms with E-state index in [1.54, 1.807) is 0 Å². The molecule has 14 heteroatoms. The molecule has 0 heterocycles. The lowest BCUT2D eigenvalue weighted by molar-refractivity contribution is -0.493. The van der Waals surface area contributed by atoms with Crippen LogP contribution in [0.25, 0.3) is 0 Å². The van der Waals surface area contributed by atoms with Crippen LogP contribution < -0.4 is 5.01 Å². The van der Waals surface area contributed by atoms with Gasteiger partial charge in [-0.25, -0.2) is 10.1 Å². The minimum atomic E-state index is -1.17. The zero-order valence-electron chi connectivity index (χ0n) is 10.2. The summed E-state index contributed by atoms with van der Waals surface area (Å²) in [6, 6.07) is 0.838. The number of hydrogen-bond acceptors (Lipinski definition) is 8. The smallest absolute Gasteiger partial charge is 0.312 e. The van der Waals surface area contributed by atoms with Gasteiger partial charge in [0.05, 0.1) is 34.0 Å². The van der Waals surface area contributed by atoms with Crippen molar-refractivity contribution in [3.63, 3.8) is 0 Å². The zero-order valence-corrected chi connectivity index (χ0v) is 10.2. The van der Waals surface area contributed by atoms with Gasteiger partial charge >= 0.3 is 11.4 Å². The Hall–Kier alpha value is -3.42. The van der Waals surface area contributed by atoms with Crippen LogP contribution in [0.4, 0.5) is 22.7 Å². The Kier molecular flexibility index (Phi) is 5.15. The number of non-ortho nitro benzene ring substituents is 1. The van der Waals surface area contributed by atoms with Gasteiger partial charge in [-0.2, -0.15) is 0 Å². The summed E-state index contributed by atoms with van der Waals surface area (Å²) in [5.74, 6) is 0. The maximum absolute atomic E-state index is 10.8. The molecule has 1 rings (SSSR count). The van der Waals surface area contributed by atoms with E-state index in [-0.39, 0.29) is 10.5 Å². The number of anilines is 1. The van der Waals surface area contributed by atoms with Crippen LogP contribution in [0.2, 0.25) is 0 Å². The molecule has 2 N–H and O–H groups in total. The van der Waals surface area contributed by atoms with Crippen LogP contribution in [0.3, 0.4) is 0 Å². The number of hydrogen-bond donors (Lipinski definition) is 0. The lowest BCUT2D eigenvalue weighted by Gasteiger charge is -2.08. The summed E-state index contributed by atoms with van der Waals surface area (Å²) < 4.78 is 0. The maximum Gasteiger partial charge on any atom is 0.312 e. The van der Waals surface area contributed by atoms with Gasteiger partial charge in [-0.3, -0.25) is 30.3 Å². The average Bonchev–Trinajstić information content (AvgIpc) is 2.35. The Morgan fingerprint density at radius 1 is 0.857 bits per heavy atom. The molecule has 21 heavy (non-hydrogen) atoms. The van der Waals surface area contributed by atoms with Crippen LogP contribution in [0.15, 0.2) is 12.1 Å². The number of nitro groups is 4. The molecule has 0 aliphatic rings. The maximum atomic E-state index is 10.8. The van der Waals surface area contributed by atoms with Gasteiger partial charge in [-0.15, -0.1) is 0 Å². The summed E-state index contributed by atoms with van der Waals surface area (Å²) in [6.07, 6.45) is 0. The number of nitrogens with zero attached hydrogens (tertiary/aromatic N) is 5. The van der Waals surface area contributed by atoms with Crippen molar-refractivity contribution in [2.75, 3.05) is 12.1 Å². The van der Waals surface area contributed by atoms with E-state index in [1.165, 1.54) is 0 Å². The molecule has 0 saturated heterocycles. The summed E-state index contributed by atoms with van der Waals surface area (Å²) in [4.78, 5) is 39.4. The molecule has 0 unspecified atom stereocenters. The molecule has 114 valence electrons. The SMILES string of the molecule is CN(c1c([N+](=O)[O-])cc([N+](=O)[O-])cc1[N+](=O)[O-])[N+](=O)[O-].O. The van der Waals surface area contributed by atoms with Gasteiger partial charge in [0.15, 0.2) is 5.03 Å². The highest BCUT2D eigenvalue weighted by Gasteiger charge is 2.37. The molecule has 0 spiro atoms. The van der Waals surface area contributed by atoms with Gasteiger partial charge < -0.3 is 5.48 Å². The molecule has 0 aliphatic heterocycles. The highest BCUT2D eigenvalue weighted by Crippen LogP contribution is 2.40. The summed E-state index contributed by atoms with van der Waals surface area (Å²) in [5.41, 5.74) is -4.07. The molecule has 0 radical (unpaired) electrons. The molecule has 14 nitrogen and oxygen atoms in total. The fourth-order valence-corrected chi connectivity index (χ4v) is 1.39. The van der Waals surface area contributed by atoms with E-state index in [4.69, 9.17) is 0 Å². The first-order valence-corrected chi connectivity index (χ1v) is 4.66. The summed E-state index contributed by atoms with van der Waals surface area (Å²) in [5, 5.41) is 41.7. The monoisotopic (exact) mass is 305 g/mol. The van der Waals surface area contributed by atoms with Crippen LogP contribution in [0, 0.1) is 40.5 Å². The normalized spacial score (nSPS) is 9.38. The first kappa shape index (κ1) is 17.6. The van der Waals surface area contributed by atoms with E-state index >= 15 is 0 Å². The summed E-state index contributed by atoms with van der Waals surface area (Å²) in [6.45, 7) is 0. The highest BCUT2D eigenvalue weighted by atomic mass is 16.7. The van der Waals surface area contributed by atoms with Gasteiger partial charge in [-0.05, 0) is 0 Å². The second-order valence-corrected chi connectivity index (χ2v) is 3.37. The number of rotatable bonds is 5. The first-order valence-electron chi connectivity index (χ1n) is 4.66. The van der Waals surface area contributed by atoms with E-state index in [2.05, 4.69) is 0 Å². The average molecular weight is 305 g/mol. The standard InChI is InChI=1S/C7H5N5O8.H2O/c1-8(12(19)20)7-5(10(15)16)2-4(9(13)14)3-6(7)11(17)18;/h2-3H,1H3;1H2. The van der Waals surface area contributed by atoms with Crippen molar-refractivity contribution in [2.45, 2.75) is 0 Å². The van der Waals surface area contributed by atoms with Crippen molar-refractivity contribution in [1.82, 2.24) is 0 Å². The van der Waals surface area contributed by atoms with Crippen molar-refractivity contribution < 1.29 is 25.3 Å². The van der Waals surface area contributed by atoms with E-state index in [0.717, 1.165) is 7.05 Å². The molecule has 1 aromatic rings. The first-order chi connectivity index (χ1) is 9.16. The van der Waals surface area contributed by atoms with Crippen molar-refractivity contribution in [3.8, 4) is 0 Å². The second-order valence-electron chi connectivity index (χ2n) is 3.37. The third kappa shape index (κ3) is 3.32. The Morgan fingerprint density at radius 3 is 1.48 bits per heavy atom. The Bertz CT molecular complexity index is 594. The predicted molar refractivity (Wildman–Crippen MR) is 65.4 cm³/mol. The van der Waals surface area contributed by atoms with E-state index in [0.29, 0.717) is 12.1 Å². The van der Waals surface area contributed by atoms with Gasteiger partial charge in [-0.1, -0.05) is 5.01 Å². The topological polar surface area (TPSA) is 207 Å². The van der Waals surface area contributed by atoms with Gasteiger partial charge in [0.2, 0.25) is 0 Å². The van der Waals surface area contributed by atoms with E-state index < -0.39 is 42.6 Å². The van der Waals surface area contributed by atoms with Gasteiger partial charge in [0.1, 0.15) is 0 Å². The van der Waals surface area contributed by atoms with Crippen LogP contribution >= 0.6 is 0 Å². The van der Waals surface area contributed by atoms with Crippen molar-refractivity contribution in [3.05, 3.63) is 52.6 Å². The van der Waals surface area contributed by atoms with Crippen LogP contribution in [0.5, 0.6) is 0 Å². The van der Waals surface area contributed by atoms with Crippen molar-refractivity contribution >= 4 is 22.7 Å². The molecule has 0 aromatic heterocycles. The third-order valence-electron chi connectivity index (χ3n) is 2.23. The lowest BCUT2D eigenvalue weighted by Crippen LogP contribution is -2.26. The lowest BCUT2D eigenvalue weighted by atomic mass is 10.2. The minimum absolute atomic E-state index is 0. The third-order valence-corrected chi connectivity index (χ3v) is 2.23. The molecule has 0 amide bonds. The molecular weight excluding hydrogens is 298 g/mol. The highest BCUT2D eigenvalue weighted by molar-refractivity contribution is 5.76. The van der Waals surface area contributed by atoms with Crippen molar-refractivity contribution in [1.29, 1.82) is 0 Å². The van der Waals surface area contributed by atoms with Crippen LogP contribution in [0.1, 0.15) is 0 Å². The molecule has 0 fully saturated rings. The number of hydrazine groups is 1. The Morgan fingerprint density at radius 2 is 1.24 bits per heavy atom. The molecule has 0 saturated carbocycles. The number of benzene rings is 1. The Labute approximate surface area is 114 Å². The fourth-order valence-electron chi connectivity index (χ4n) is 1.39. The van der Waals surface area contributed by atoms with E-state index in [1.807, 2.05) is 0 Å². The molecule has 0 aliphatic carbocycles. The molecule has 0 bridgehead atoms. The zero-order chi connectivity index (χ0) is 15.6. The van der Waals surface area contributed by atoms with Crippen molar-refractivity contribution in [2.24, 2.45) is 0 Å².